The van der Waals surface area contributed by atoms with Crippen molar-refractivity contribution in [2.75, 3.05) is 5.32 Å². The molecule has 1 atom stereocenters. The highest BCUT2D eigenvalue weighted by Gasteiger charge is 2.17. The summed E-state index contributed by atoms with van der Waals surface area (Å²) >= 11 is 0. The lowest BCUT2D eigenvalue weighted by Crippen LogP contribution is -2.32. The first kappa shape index (κ1) is 12.7. The number of hydrogen-bond donors (Lipinski definition) is 2. The Balaban J connectivity index is 2.55. The third kappa shape index (κ3) is 2.44. The molecule has 7 heteroatoms. The van der Waals surface area contributed by atoms with E-state index < -0.39 is 16.9 Å². The van der Waals surface area contributed by atoms with E-state index in [2.05, 4.69) is 10.3 Å². The lowest BCUT2D eigenvalue weighted by atomic mass is 10.1. The Morgan fingerprint density at radius 2 is 2.21 bits per heavy atom. The highest BCUT2D eigenvalue weighted by atomic mass is 16.6. The highest BCUT2D eigenvalue weighted by Crippen LogP contribution is 2.29. The van der Waals surface area contributed by atoms with Crippen LogP contribution in [0.1, 0.15) is 6.92 Å². The summed E-state index contributed by atoms with van der Waals surface area (Å²) in [6, 6.07) is 5.54. The number of nitrogens with one attached hydrogen (secondary N) is 1. The number of nitrogens with zero attached hydrogens (tertiary/aromatic N) is 2. The zero-order valence-corrected chi connectivity index (χ0v) is 10.2. The molecule has 2 aromatic rings. The lowest BCUT2D eigenvalue weighted by Gasteiger charge is -2.13. The number of pyridine rings is 1. The van der Waals surface area contributed by atoms with Crippen molar-refractivity contribution in [1.82, 2.24) is 4.98 Å². The second-order valence-electron chi connectivity index (χ2n) is 4.06. The van der Waals surface area contributed by atoms with Crippen molar-refractivity contribution in [1.29, 1.82) is 0 Å². The Morgan fingerprint density at radius 1 is 1.47 bits per heavy atom. The van der Waals surface area contributed by atoms with E-state index in [-0.39, 0.29) is 5.69 Å². The molecule has 2 rings (SSSR count). The number of rotatable bonds is 4. The smallest absolute Gasteiger partial charge is 0.278 e. The number of fused-ring (bicyclic) bond motifs is 1. The summed E-state index contributed by atoms with van der Waals surface area (Å²) in [5, 5.41) is 14.2. The van der Waals surface area contributed by atoms with Gasteiger partial charge < -0.3 is 11.1 Å². The number of anilines is 1. The average Bonchev–Trinajstić information content (AvgIpc) is 2.38. The van der Waals surface area contributed by atoms with Crippen LogP contribution in [-0.4, -0.2) is 21.9 Å². The minimum atomic E-state index is -0.591. The molecule has 1 unspecified atom stereocenters. The molecule has 0 radical (unpaired) electrons. The van der Waals surface area contributed by atoms with Crippen LogP contribution in [0.4, 0.5) is 11.4 Å². The summed E-state index contributed by atoms with van der Waals surface area (Å²) in [6.07, 6.45) is 1.53. The van der Waals surface area contributed by atoms with Gasteiger partial charge in [0.1, 0.15) is 11.6 Å². The number of non-ortho nitro benzene ring substituents is 1. The summed E-state index contributed by atoms with van der Waals surface area (Å²) < 4.78 is 0. The van der Waals surface area contributed by atoms with Gasteiger partial charge in [-0.05, 0) is 25.1 Å². The van der Waals surface area contributed by atoms with Crippen molar-refractivity contribution in [3.05, 3.63) is 40.6 Å². The molecule has 0 aliphatic rings. The molecule has 98 valence electrons. The van der Waals surface area contributed by atoms with E-state index in [0.717, 1.165) is 0 Å². The fourth-order valence-corrected chi connectivity index (χ4v) is 1.74. The normalized spacial score (nSPS) is 12.1. The second kappa shape index (κ2) is 4.89. The summed E-state index contributed by atoms with van der Waals surface area (Å²) in [4.78, 5) is 25.6. The Labute approximate surface area is 108 Å². The van der Waals surface area contributed by atoms with Crippen molar-refractivity contribution in [3.8, 4) is 0 Å². The SMILES string of the molecule is CC(Nc1ccc([N+](=O)[O-])c2cccnc12)C(N)=O. The van der Waals surface area contributed by atoms with E-state index in [0.29, 0.717) is 16.6 Å². The Bertz CT molecular complexity index is 656. The summed E-state index contributed by atoms with van der Waals surface area (Å²) in [5.41, 5.74) is 6.12. The van der Waals surface area contributed by atoms with Crippen molar-refractivity contribution in [2.24, 2.45) is 5.73 Å². The third-order valence-electron chi connectivity index (χ3n) is 2.74. The molecule has 1 amide bonds. The van der Waals surface area contributed by atoms with Crippen molar-refractivity contribution < 1.29 is 9.72 Å². The quantitative estimate of drug-likeness (QED) is 0.638. The van der Waals surface area contributed by atoms with Crippen LogP contribution in [0.5, 0.6) is 0 Å². The number of aromatic nitrogens is 1. The number of nitrogens with two attached hydrogens (primary N) is 1. The van der Waals surface area contributed by atoms with Gasteiger partial charge in [0.25, 0.3) is 5.69 Å². The topological polar surface area (TPSA) is 111 Å². The van der Waals surface area contributed by atoms with Crippen LogP contribution < -0.4 is 11.1 Å². The molecule has 1 aromatic heterocycles. The fourth-order valence-electron chi connectivity index (χ4n) is 1.74. The molecule has 0 spiro atoms. The number of hydrogen-bond acceptors (Lipinski definition) is 5. The predicted molar refractivity (Wildman–Crippen MR) is 70.7 cm³/mol. The minimum absolute atomic E-state index is 0.0274. The molecule has 0 saturated heterocycles. The van der Waals surface area contributed by atoms with Gasteiger partial charge >= 0.3 is 0 Å². The molecule has 3 N–H and O–H groups in total. The molecule has 0 aliphatic heterocycles. The van der Waals surface area contributed by atoms with E-state index >= 15 is 0 Å². The van der Waals surface area contributed by atoms with Crippen LogP contribution in [0.15, 0.2) is 30.5 Å². The Morgan fingerprint density at radius 3 is 2.84 bits per heavy atom. The Kier molecular flexibility index (Phi) is 3.28. The molecule has 0 saturated carbocycles. The maximum atomic E-state index is 11.0. The minimum Gasteiger partial charge on any atom is -0.372 e. The lowest BCUT2D eigenvalue weighted by molar-refractivity contribution is -0.383. The molecule has 0 aliphatic carbocycles. The number of nitro benzene ring substituents is 1. The van der Waals surface area contributed by atoms with Gasteiger partial charge in [0.05, 0.1) is 16.0 Å². The van der Waals surface area contributed by atoms with Crippen LogP contribution >= 0.6 is 0 Å². The van der Waals surface area contributed by atoms with Crippen LogP contribution in [0.25, 0.3) is 10.9 Å². The first-order valence-corrected chi connectivity index (χ1v) is 5.58. The summed E-state index contributed by atoms with van der Waals surface area (Å²) in [7, 11) is 0. The van der Waals surface area contributed by atoms with E-state index in [4.69, 9.17) is 5.73 Å². The zero-order valence-electron chi connectivity index (χ0n) is 10.2. The number of nitro groups is 1. The van der Waals surface area contributed by atoms with Gasteiger partial charge in [-0.25, -0.2) is 0 Å². The van der Waals surface area contributed by atoms with Crippen molar-refractivity contribution in [3.63, 3.8) is 0 Å². The molecule has 1 aromatic carbocycles. The van der Waals surface area contributed by atoms with Crippen LogP contribution in [0.3, 0.4) is 0 Å². The molecule has 1 heterocycles. The molecule has 0 bridgehead atoms. The third-order valence-corrected chi connectivity index (χ3v) is 2.74. The van der Waals surface area contributed by atoms with Gasteiger partial charge in [-0.1, -0.05) is 0 Å². The first-order chi connectivity index (χ1) is 9.00. The zero-order chi connectivity index (χ0) is 14.0. The maximum Gasteiger partial charge on any atom is 0.278 e. The van der Waals surface area contributed by atoms with Gasteiger partial charge in [0, 0.05) is 12.3 Å². The monoisotopic (exact) mass is 260 g/mol. The van der Waals surface area contributed by atoms with Gasteiger partial charge in [0.15, 0.2) is 0 Å². The van der Waals surface area contributed by atoms with E-state index in [1.807, 2.05) is 0 Å². The molecule has 19 heavy (non-hydrogen) atoms. The van der Waals surface area contributed by atoms with E-state index in [1.165, 1.54) is 18.3 Å². The summed E-state index contributed by atoms with van der Waals surface area (Å²) in [6.45, 7) is 1.61. The van der Waals surface area contributed by atoms with Gasteiger partial charge in [-0.15, -0.1) is 0 Å². The molecule has 0 fully saturated rings. The van der Waals surface area contributed by atoms with Gasteiger partial charge in [-0.2, -0.15) is 0 Å². The number of carbonyl (C=O) groups excluding carboxylic acids is 1. The summed E-state index contributed by atoms with van der Waals surface area (Å²) in [5.74, 6) is -0.512. The fraction of sp³-hybridized carbons (Fsp3) is 0.167. The van der Waals surface area contributed by atoms with Crippen LogP contribution in [-0.2, 0) is 4.79 Å². The second-order valence-corrected chi connectivity index (χ2v) is 4.06. The van der Waals surface area contributed by atoms with Crippen LogP contribution in [0.2, 0.25) is 0 Å². The number of primary amides is 1. The molecule has 7 nitrogen and oxygen atoms in total. The van der Waals surface area contributed by atoms with Crippen LogP contribution in [0, 0.1) is 10.1 Å². The first-order valence-electron chi connectivity index (χ1n) is 5.58. The Hall–Kier alpha value is -2.70. The van der Waals surface area contributed by atoms with Crippen molar-refractivity contribution in [2.45, 2.75) is 13.0 Å². The largest absolute Gasteiger partial charge is 0.372 e. The average molecular weight is 260 g/mol. The molecular formula is C12H12N4O3. The number of benzene rings is 1. The number of carbonyl (C=O) groups is 1. The predicted octanol–water partition coefficient (Wildman–Crippen LogP) is 1.43. The van der Waals surface area contributed by atoms with E-state index in [1.54, 1.807) is 19.1 Å². The van der Waals surface area contributed by atoms with Gasteiger partial charge in [0.2, 0.25) is 5.91 Å². The highest BCUT2D eigenvalue weighted by molar-refractivity contribution is 5.97. The van der Waals surface area contributed by atoms with Crippen molar-refractivity contribution >= 4 is 28.2 Å². The standard InChI is InChI=1S/C12H12N4O3/c1-7(12(13)17)15-9-4-5-10(16(18)19)8-3-2-6-14-11(8)9/h2-7,15H,1H3,(H2,13,17). The number of amides is 1. The maximum absolute atomic E-state index is 11.0. The molecular weight excluding hydrogens is 248 g/mol. The van der Waals surface area contributed by atoms with E-state index in [9.17, 15) is 14.9 Å². The van der Waals surface area contributed by atoms with Gasteiger partial charge in [-0.3, -0.25) is 19.9 Å².